The first-order chi connectivity index (χ1) is 13.8. The summed E-state index contributed by atoms with van der Waals surface area (Å²) in [4.78, 5) is 20.4. The van der Waals surface area contributed by atoms with Crippen molar-refractivity contribution >= 4 is 46.7 Å². The maximum absolute atomic E-state index is 13.3. The molecule has 1 amide bonds. The number of carbonyl (C=O) groups excluding carboxylic acids is 1. The van der Waals surface area contributed by atoms with E-state index in [4.69, 9.17) is 11.6 Å². The lowest BCUT2D eigenvalue weighted by atomic mass is 10.1. The Balaban J connectivity index is 1.66. The number of nitrogens with zero attached hydrogens (tertiary/aromatic N) is 3. The second-order valence-corrected chi connectivity index (χ2v) is 10.1. The third-order valence-corrected chi connectivity index (χ3v) is 6.91. The summed E-state index contributed by atoms with van der Waals surface area (Å²) in [6.45, 7) is 8.26. The highest BCUT2D eigenvalue weighted by molar-refractivity contribution is 8.06. The third-order valence-electron chi connectivity index (χ3n) is 5.46. The van der Waals surface area contributed by atoms with E-state index in [9.17, 15) is 4.79 Å². The average Bonchev–Trinajstić information content (AvgIpc) is 2.92. The standard InChI is InChI=1S/C23H26ClN3OS/c1-23(2)27(19-10-8-18(24)9-11-19)22(28)21(29-23)16-17-6-4-5-7-20(17)26-14-12-25(3)13-15-26/h4-11,16H,12-15H2,1-3H3/b21-16+. The van der Waals surface area contributed by atoms with E-state index in [1.54, 1.807) is 11.8 Å². The molecule has 0 bridgehead atoms. The van der Waals surface area contributed by atoms with Crippen molar-refractivity contribution in [1.29, 1.82) is 0 Å². The van der Waals surface area contributed by atoms with Gasteiger partial charge in [0.25, 0.3) is 5.91 Å². The van der Waals surface area contributed by atoms with Crippen LogP contribution in [0.5, 0.6) is 0 Å². The summed E-state index contributed by atoms with van der Waals surface area (Å²) in [7, 11) is 2.16. The first-order valence-corrected chi connectivity index (χ1v) is 11.1. The number of piperazine rings is 1. The Labute approximate surface area is 182 Å². The zero-order valence-electron chi connectivity index (χ0n) is 17.1. The van der Waals surface area contributed by atoms with Gasteiger partial charge in [-0.1, -0.05) is 41.6 Å². The van der Waals surface area contributed by atoms with Crippen LogP contribution in [-0.2, 0) is 4.79 Å². The molecule has 0 atom stereocenters. The number of hydrogen-bond donors (Lipinski definition) is 0. The number of benzene rings is 2. The van der Waals surface area contributed by atoms with Crippen molar-refractivity contribution < 1.29 is 4.79 Å². The maximum atomic E-state index is 13.3. The molecule has 2 aromatic rings. The molecule has 2 aromatic carbocycles. The van der Waals surface area contributed by atoms with Gasteiger partial charge in [-0.15, -0.1) is 0 Å². The number of anilines is 2. The van der Waals surface area contributed by atoms with Crippen molar-refractivity contribution in [2.24, 2.45) is 0 Å². The van der Waals surface area contributed by atoms with Gasteiger partial charge in [0.2, 0.25) is 0 Å². The Kier molecular flexibility index (Phi) is 5.65. The fourth-order valence-corrected chi connectivity index (χ4v) is 5.22. The maximum Gasteiger partial charge on any atom is 0.265 e. The zero-order valence-corrected chi connectivity index (χ0v) is 18.6. The number of rotatable bonds is 3. The van der Waals surface area contributed by atoms with Crippen LogP contribution < -0.4 is 9.80 Å². The van der Waals surface area contributed by atoms with E-state index < -0.39 is 0 Å². The van der Waals surface area contributed by atoms with E-state index in [-0.39, 0.29) is 10.8 Å². The van der Waals surface area contributed by atoms with Crippen LogP contribution >= 0.6 is 23.4 Å². The fraction of sp³-hybridized carbons (Fsp3) is 0.348. The molecule has 2 fully saturated rings. The van der Waals surface area contributed by atoms with E-state index in [0.717, 1.165) is 42.3 Å². The molecule has 0 N–H and O–H groups in total. The normalized spacial score (nSPS) is 21.2. The number of carbonyl (C=O) groups is 1. The highest BCUT2D eigenvalue weighted by atomic mass is 35.5. The molecule has 2 aliphatic rings. The lowest BCUT2D eigenvalue weighted by Crippen LogP contribution is -2.44. The summed E-state index contributed by atoms with van der Waals surface area (Å²) in [5.74, 6) is 0.0375. The van der Waals surface area contributed by atoms with Gasteiger partial charge in [0.1, 0.15) is 0 Å². The van der Waals surface area contributed by atoms with E-state index >= 15 is 0 Å². The number of hydrogen-bond acceptors (Lipinski definition) is 4. The van der Waals surface area contributed by atoms with Gasteiger partial charge in [-0.05, 0) is 62.9 Å². The summed E-state index contributed by atoms with van der Waals surface area (Å²) in [6, 6.07) is 15.8. The van der Waals surface area contributed by atoms with Crippen molar-refractivity contribution in [1.82, 2.24) is 4.90 Å². The first-order valence-electron chi connectivity index (χ1n) is 9.88. The van der Waals surface area contributed by atoms with Crippen molar-refractivity contribution in [3.05, 3.63) is 64.0 Å². The Bertz CT molecular complexity index is 933. The van der Waals surface area contributed by atoms with Gasteiger partial charge in [-0.3, -0.25) is 9.69 Å². The number of amides is 1. The minimum absolute atomic E-state index is 0.0375. The Morgan fingerprint density at radius 2 is 1.66 bits per heavy atom. The van der Waals surface area contributed by atoms with Crippen molar-refractivity contribution in [2.45, 2.75) is 18.7 Å². The van der Waals surface area contributed by atoms with Crippen LogP contribution in [0.25, 0.3) is 6.08 Å². The highest BCUT2D eigenvalue weighted by Crippen LogP contribution is 2.47. The van der Waals surface area contributed by atoms with Crippen molar-refractivity contribution in [2.75, 3.05) is 43.0 Å². The van der Waals surface area contributed by atoms with Crippen LogP contribution in [0.2, 0.25) is 5.02 Å². The van der Waals surface area contributed by atoms with Crippen molar-refractivity contribution in [3.8, 4) is 0 Å². The van der Waals surface area contributed by atoms with Gasteiger partial charge in [0, 0.05) is 42.6 Å². The molecule has 2 saturated heterocycles. The smallest absolute Gasteiger partial charge is 0.265 e. The van der Waals surface area contributed by atoms with Crippen LogP contribution in [0.1, 0.15) is 19.4 Å². The van der Waals surface area contributed by atoms with Gasteiger partial charge in [0.15, 0.2) is 0 Å². The Hall–Kier alpha value is -1.95. The molecule has 4 nitrogen and oxygen atoms in total. The largest absolute Gasteiger partial charge is 0.368 e. The molecule has 0 aromatic heterocycles. The quantitative estimate of drug-likeness (QED) is 0.647. The van der Waals surface area contributed by atoms with E-state index in [0.29, 0.717) is 5.02 Å². The van der Waals surface area contributed by atoms with Gasteiger partial charge in [0.05, 0.1) is 9.78 Å². The molecular weight excluding hydrogens is 402 g/mol. The summed E-state index contributed by atoms with van der Waals surface area (Å²) in [5.41, 5.74) is 3.17. The monoisotopic (exact) mass is 427 g/mol. The van der Waals surface area contributed by atoms with Crippen LogP contribution in [0.15, 0.2) is 53.4 Å². The van der Waals surface area contributed by atoms with Gasteiger partial charge < -0.3 is 9.80 Å². The SMILES string of the molecule is CN1CCN(c2ccccc2/C=C2/SC(C)(C)N(c3ccc(Cl)cc3)C2=O)CC1. The molecule has 0 radical (unpaired) electrons. The average molecular weight is 428 g/mol. The summed E-state index contributed by atoms with van der Waals surface area (Å²) >= 11 is 7.65. The van der Waals surface area contributed by atoms with Crippen molar-refractivity contribution in [3.63, 3.8) is 0 Å². The summed E-state index contributed by atoms with van der Waals surface area (Å²) in [6.07, 6.45) is 2.05. The Morgan fingerprint density at radius 3 is 2.34 bits per heavy atom. The minimum Gasteiger partial charge on any atom is -0.368 e. The highest BCUT2D eigenvalue weighted by Gasteiger charge is 2.43. The second kappa shape index (κ2) is 8.05. The molecule has 0 saturated carbocycles. The van der Waals surface area contributed by atoms with Crippen LogP contribution in [0, 0.1) is 0 Å². The number of halogens is 1. The third kappa shape index (κ3) is 4.18. The molecule has 0 spiro atoms. The van der Waals surface area contributed by atoms with Gasteiger partial charge >= 0.3 is 0 Å². The molecular formula is C23H26ClN3OS. The Morgan fingerprint density at radius 1 is 1.00 bits per heavy atom. The van der Waals surface area contributed by atoms with Gasteiger partial charge in [-0.25, -0.2) is 0 Å². The lowest BCUT2D eigenvalue weighted by molar-refractivity contribution is -0.114. The van der Waals surface area contributed by atoms with Crippen LogP contribution in [0.3, 0.4) is 0 Å². The van der Waals surface area contributed by atoms with E-state index in [1.807, 2.05) is 35.2 Å². The second-order valence-electron chi connectivity index (χ2n) is 8.02. The number of likely N-dealkylation sites (N-methyl/N-ethyl adjacent to an activating group) is 1. The predicted molar refractivity (Wildman–Crippen MR) is 125 cm³/mol. The zero-order chi connectivity index (χ0) is 20.6. The summed E-state index contributed by atoms with van der Waals surface area (Å²) in [5, 5.41) is 0.669. The summed E-state index contributed by atoms with van der Waals surface area (Å²) < 4.78 is 0. The van der Waals surface area contributed by atoms with Crippen LogP contribution in [0.4, 0.5) is 11.4 Å². The molecule has 4 rings (SSSR count). The van der Waals surface area contributed by atoms with E-state index in [1.165, 1.54) is 5.69 Å². The molecule has 152 valence electrons. The molecule has 2 aliphatic heterocycles. The number of para-hydroxylation sites is 1. The minimum atomic E-state index is -0.362. The fourth-order valence-electron chi connectivity index (χ4n) is 3.91. The lowest BCUT2D eigenvalue weighted by Gasteiger charge is -2.34. The number of thioether (sulfide) groups is 1. The molecule has 0 aliphatic carbocycles. The van der Waals surface area contributed by atoms with Gasteiger partial charge in [-0.2, -0.15) is 0 Å². The molecule has 0 unspecified atom stereocenters. The van der Waals surface area contributed by atoms with E-state index in [2.05, 4.69) is 55.0 Å². The first kappa shape index (κ1) is 20.3. The topological polar surface area (TPSA) is 26.8 Å². The molecule has 29 heavy (non-hydrogen) atoms. The predicted octanol–water partition coefficient (Wildman–Crippen LogP) is 4.95. The van der Waals surface area contributed by atoms with Crippen LogP contribution in [-0.4, -0.2) is 48.9 Å². The molecule has 2 heterocycles. The molecule has 6 heteroatoms.